The molecule has 0 fully saturated rings. The molecule has 0 spiro atoms. The molecule has 0 heterocycles. The maximum atomic E-state index is 12.9. The Labute approximate surface area is 186 Å². The molecule has 0 saturated heterocycles. The smallest absolute Gasteiger partial charge is 0.293 e. The Morgan fingerprint density at radius 2 is 1.90 bits per heavy atom. The zero-order valence-corrected chi connectivity index (χ0v) is 18.8. The number of hydrogen-bond acceptors (Lipinski definition) is 5. The van der Waals surface area contributed by atoms with Crippen LogP contribution in [0.4, 0.5) is 11.4 Å². The number of nitrogens with zero attached hydrogens (tertiary/aromatic N) is 1. The van der Waals surface area contributed by atoms with Gasteiger partial charge in [0.05, 0.1) is 22.1 Å². The second kappa shape index (κ2) is 8.76. The summed E-state index contributed by atoms with van der Waals surface area (Å²) in [6.45, 7) is 3.59. The van der Waals surface area contributed by atoms with Crippen molar-refractivity contribution in [1.29, 1.82) is 0 Å². The Kier molecular flexibility index (Phi) is 6.33. The van der Waals surface area contributed by atoms with Gasteiger partial charge in [-0.1, -0.05) is 30.3 Å². The molecule has 2 N–H and O–H groups in total. The molecular formula is C21H18BrN3O4S. The Balaban J connectivity index is 1.92. The van der Waals surface area contributed by atoms with Crippen molar-refractivity contribution in [3.05, 3.63) is 73.7 Å². The first-order chi connectivity index (χ1) is 14.2. The summed E-state index contributed by atoms with van der Waals surface area (Å²) in [5, 5.41) is 18.4. The van der Waals surface area contributed by atoms with Crippen molar-refractivity contribution in [2.24, 2.45) is 0 Å². The topological polar surface area (TPSA) is 93.5 Å². The molecule has 0 bridgehead atoms. The number of hydrogen-bond donors (Lipinski definition) is 2. The normalized spacial score (nSPS) is 10.5. The van der Waals surface area contributed by atoms with E-state index in [1.54, 1.807) is 19.1 Å². The summed E-state index contributed by atoms with van der Waals surface area (Å²) in [4.78, 5) is 23.8. The van der Waals surface area contributed by atoms with Crippen molar-refractivity contribution >= 4 is 61.3 Å². The van der Waals surface area contributed by atoms with Crippen LogP contribution in [0.5, 0.6) is 5.75 Å². The minimum atomic E-state index is -0.497. The average Bonchev–Trinajstić information content (AvgIpc) is 2.71. The van der Waals surface area contributed by atoms with Crippen LogP contribution in [0.3, 0.4) is 0 Å². The number of ether oxygens (including phenoxy) is 1. The fraction of sp³-hybridized carbons (Fsp3) is 0.143. The van der Waals surface area contributed by atoms with Crippen molar-refractivity contribution in [3.63, 3.8) is 0 Å². The summed E-state index contributed by atoms with van der Waals surface area (Å²) in [5.41, 5.74) is 1.93. The van der Waals surface area contributed by atoms with Gasteiger partial charge in [0.2, 0.25) is 0 Å². The van der Waals surface area contributed by atoms with Crippen LogP contribution >= 0.6 is 28.1 Å². The standard InChI is InChI=1S/C21H18BrN3O4S/c1-11-8-9-16(25(27)28)18(12(11)2)23-21(30)24-20(26)15-10-13-6-4-5-7-14(13)17(22)19(15)29-3/h4-10H,1-3H3,(H2,23,24,26,30). The van der Waals surface area contributed by atoms with Crippen molar-refractivity contribution in [1.82, 2.24) is 5.32 Å². The maximum absolute atomic E-state index is 12.9. The molecule has 0 aliphatic heterocycles. The first kappa shape index (κ1) is 21.7. The minimum absolute atomic E-state index is 0.0527. The van der Waals surface area contributed by atoms with Crippen LogP contribution in [0.25, 0.3) is 10.8 Å². The molecule has 3 rings (SSSR count). The average molecular weight is 488 g/mol. The zero-order chi connectivity index (χ0) is 22.0. The second-order valence-electron chi connectivity index (χ2n) is 6.56. The van der Waals surface area contributed by atoms with Crippen LogP contribution < -0.4 is 15.4 Å². The van der Waals surface area contributed by atoms with Gasteiger partial charge < -0.3 is 10.1 Å². The molecular weight excluding hydrogens is 470 g/mol. The number of anilines is 1. The molecule has 0 aliphatic rings. The van der Waals surface area contributed by atoms with Gasteiger partial charge in [-0.15, -0.1) is 0 Å². The van der Waals surface area contributed by atoms with E-state index in [0.717, 1.165) is 16.3 Å². The summed E-state index contributed by atoms with van der Waals surface area (Å²) < 4.78 is 6.08. The molecule has 9 heteroatoms. The van der Waals surface area contributed by atoms with Gasteiger partial charge in [0, 0.05) is 6.07 Å². The minimum Gasteiger partial charge on any atom is -0.495 e. The predicted molar refractivity (Wildman–Crippen MR) is 124 cm³/mol. The first-order valence-electron chi connectivity index (χ1n) is 8.86. The highest BCUT2D eigenvalue weighted by Gasteiger charge is 2.22. The number of benzene rings is 3. The van der Waals surface area contributed by atoms with E-state index < -0.39 is 10.8 Å². The quantitative estimate of drug-likeness (QED) is 0.296. The van der Waals surface area contributed by atoms with E-state index in [4.69, 9.17) is 17.0 Å². The number of aryl methyl sites for hydroxylation is 1. The highest BCUT2D eigenvalue weighted by molar-refractivity contribution is 9.10. The second-order valence-corrected chi connectivity index (χ2v) is 7.76. The highest BCUT2D eigenvalue weighted by Crippen LogP contribution is 2.36. The van der Waals surface area contributed by atoms with E-state index in [9.17, 15) is 14.9 Å². The lowest BCUT2D eigenvalue weighted by molar-refractivity contribution is -0.383. The van der Waals surface area contributed by atoms with Crippen LogP contribution in [0.15, 0.2) is 46.9 Å². The highest BCUT2D eigenvalue weighted by atomic mass is 79.9. The molecule has 0 unspecified atom stereocenters. The number of carbonyl (C=O) groups is 1. The van der Waals surface area contributed by atoms with Crippen molar-refractivity contribution in [2.45, 2.75) is 13.8 Å². The number of halogens is 1. The van der Waals surface area contributed by atoms with Gasteiger partial charge in [-0.25, -0.2) is 0 Å². The number of thiocarbonyl (C=S) groups is 1. The first-order valence-corrected chi connectivity index (χ1v) is 10.1. The molecule has 154 valence electrons. The lowest BCUT2D eigenvalue weighted by Crippen LogP contribution is -2.34. The largest absolute Gasteiger partial charge is 0.495 e. The number of methoxy groups -OCH3 is 1. The lowest BCUT2D eigenvalue weighted by Gasteiger charge is -2.16. The Bertz CT molecular complexity index is 1200. The molecule has 0 aromatic heterocycles. The van der Waals surface area contributed by atoms with Crippen LogP contribution in [0, 0.1) is 24.0 Å². The number of nitro groups is 1. The van der Waals surface area contributed by atoms with Crippen LogP contribution in [-0.4, -0.2) is 23.1 Å². The summed E-state index contributed by atoms with van der Waals surface area (Å²) in [5.74, 6) is -0.129. The molecule has 0 radical (unpaired) electrons. The summed E-state index contributed by atoms with van der Waals surface area (Å²) in [7, 11) is 1.47. The summed E-state index contributed by atoms with van der Waals surface area (Å²) >= 11 is 8.75. The summed E-state index contributed by atoms with van der Waals surface area (Å²) in [6.07, 6.45) is 0. The SMILES string of the molecule is COc1c(C(=O)NC(=S)Nc2c([N+](=O)[O-])ccc(C)c2C)cc2ccccc2c1Br. The number of rotatable bonds is 4. The lowest BCUT2D eigenvalue weighted by atomic mass is 10.1. The van der Waals surface area contributed by atoms with E-state index in [2.05, 4.69) is 26.6 Å². The fourth-order valence-electron chi connectivity index (χ4n) is 3.08. The van der Waals surface area contributed by atoms with Gasteiger partial charge in [0.25, 0.3) is 11.6 Å². The third-order valence-electron chi connectivity index (χ3n) is 4.77. The number of nitrogens with one attached hydrogen (secondary N) is 2. The van der Waals surface area contributed by atoms with Gasteiger partial charge >= 0.3 is 0 Å². The van der Waals surface area contributed by atoms with Crippen LogP contribution in [-0.2, 0) is 0 Å². The van der Waals surface area contributed by atoms with E-state index in [1.807, 2.05) is 31.2 Å². The van der Waals surface area contributed by atoms with Gasteiger partial charge in [-0.3, -0.25) is 20.2 Å². The van der Waals surface area contributed by atoms with Crippen molar-refractivity contribution < 1.29 is 14.5 Å². The molecule has 7 nitrogen and oxygen atoms in total. The Morgan fingerprint density at radius 1 is 1.20 bits per heavy atom. The van der Waals surface area contributed by atoms with Gasteiger partial charge in [-0.2, -0.15) is 0 Å². The van der Waals surface area contributed by atoms with Gasteiger partial charge in [0.15, 0.2) is 5.11 Å². The molecule has 0 atom stereocenters. The maximum Gasteiger partial charge on any atom is 0.293 e. The van der Waals surface area contributed by atoms with Crippen molar-refractivity contribution in [3.8, 4) is 5.75 Å². The van der Waals surface area contributed by atoms with Crippen LogP contribution in [0.1, 0.15) is 21.5 Å². The number of nitro benzene ring substituents is 1. The van der Waals surface area contributed by atoms with E-state index >= 15 is 0 Å². The number of fused-ring (bicyclic) bond motifs is 1. The molecule has 3 aromatic carbocycles. The fourth-order valence-corrected chi connectivity index (χ4v) is 4.01. The van der Waals surface area contributed by atoms with E-state index in [1.165, 1.54) is 13.2 Å². The summed E-state index contributed by atoms with van der Waals surface area (Å²) in [6, 6.07) is 12.3. The van der Waals surface area contributed by atoms with Gasteiger partial charge in [-0.05, 0) is 70.0 Å². The Hall–Kier alpha value is -3.04. The molecule has 30 heavy (non-hydrogen) atoms. The monoisotopic (exact) mass is 487 g/mol. The third-order valence-corrected chi connectivity index (χ3v) is 5.76. The van der Waals surface area contributed by atoms with E-state index in [0.29, 0.717) is 15.8 Å². The number of carbonyl (C=O) groups excluding carboxylic acids is 1. The molecule has 0 saturated carbocycles. The van der Waals surface area contributed by atoms with Gasteiger partial charge in [0.1, 0.15) is 11.4 Å². The molecule has 1 amide bonds. The van der Waals surface area contributed by atoms with E-state index in [-0.39, 0.29) is 22.1 Å². The third kappa shape index (κ3) is 4.12. The Morgan fingerprint density at radius 3 is 2.57 bits per heavy atom. The predicted octanol–water partition coefficient (Wildman–Crippen LogP) is 5.26. The van der Waals surface area contributed by atoms with Crippen molar-refractivity contribution in [2.75, 3.05) is 12.4 Å². The zero-order valence-electron chi connectivity index (χ0n) is 16.4. The van der Waals surface area contributed by atoms with Crippen LogP contribution in [0.2, 0.25) is 0 Å². The molecule has 3 aromatic rings. The molecule has 0 aliphatic carbocycles. The number of amides is 1.